The molecule has 80 valence electrons. The van der Waals surface area contributed by atoms with E-state index in [1.165, 1.54) is 25.0 Å². The molecule has 2 unspecified atom stereocenters. The zero-order chi connectivity index (χ0) is 9.97. The molecule has 2 atom stereocenters. The number of amides is 1. The van der Waals surface area contributed by atoms with Crippen molar-refractivity contribution in [3.05, 3.63) is 0 Å². The Morgan fingerprint density at radius 2 is 2.43 bits per heavy atom. The largest absolute Gasteiger partial charge is 0.327 e. The molecule has 0 spiro atoms. The summed E-state index contributed by atoms with van der Waals surface area (Å²) in [6.07, 6.45) is 3.97. The molecule has 14 heavy (non-hydrogen) atoms. The van der Waals surface area contributed by atoms with E-state index in [-0.39, 0.29) is 11.9 Å². The quantitative estimate of drug-likeness (QED) is 0.746. The molecule has 0 radical (unpaired) electrons. The number of carbonyl (C=O) groups is 1. The molecule has 2 saturated heterocycles. The summed E-state index contributed by atoms with van der Waals surface area (Å²) in [5, 5.41) is 3.86. The van der Waals surface area contributed by atoms with Gasteiger partial charge in [-0.2, -0.15) is 11.8 Å². The molecule has 2 aliphatic heterocycles. The summed E-state index contributed by atoms with van der Waals surface area (Å²) in [6, 6.07) is 0.0311. The number of thioether (sulfide) groups is 1. The van der Waals surface area contributed by atoms with Crippen LogP contribution in [0.25, 0.3) is 0 Å². The third-order valence-corrected chi connectivity index (χ3v) is 4.35. The first-order valence-corrected chi connectivity index (χ1v) is 6.46. The van der Waals surface area contributed by atoms with Crippen molar-refractivity contribution in [2.24, 2.45) is 0 Å². The predicted molar refractivity (Wildman–Crippen MR) is 59.3 cm³/mol. The van der Waals surface area contributed by atoms with Crippen LogP contribution in [0.15, 0.2) is 0 Å². The number of carbonyl (C=O) groups excluding carboxylic acids is 1. The molecule has 1 N–H and O–H groups in total. The van der Waals surface area contributed by atoms with Gasteiger partial charge in [0.1, 0.15) is 0 Å². The van der Waals surface area contributed by atoms with Crippen molar-refractivity contribution in [2.75, 3.05) is 19.0 Å². The van der Waals surface area contributed by atoms with Crippen LogP contribution >= 0.6 is 11.8 Å². The Balaban J connectivity index is 1.82. The Bertz CT molecular complexity index is 216. The van der Waals surface area contributed by atoms with Gasteiger partial charge in [-0.05, 0) is 25.5 Å². The van der Waals surface area contributed by atoms with Gasteiger partial charge in [-0.3, -0.25) is 10.1 Å². The number of nitrogens with one attached hydrogen (secondary N) is 1. The van der Waals surface area contributed by atoms with Crippen LogP contribution in [0.5, 0.6) is 0 Å². The van der Waals surface area contributed by atoms with E-state index in [1.54, 1.807) is 0 Å². The number of nitrogens with zero attached hydrogens (tertiary/aromatic N) is 1. The molecule has 4 heteroatoms. The minimum absolute atomic E-state index is 0.0311. The fourth-order valence-electron chi connectivity index (χ4n) is 2.04. The van der Waals surface area contributed by atoms with Gasteiger partial charge in [-0.1, -0.05) is 6.42 Å². The molecule has 0 aromatic heterocycles. The van der Waals surface area contributed by atoms with Crippen molar-refractivity contribution in [3.8, 4) is 0 Å². The standard InChI is InChI=1S/C10H18N2OS/c1-8-10(13)12(7-11-8)6-9-4-2-3-5-14-9/h8-9,11H,2-7H2,1H3. The molecule has 1 amide bonds. The van der Waals surface area contributed by atoms with Gasteiger partial charge in [0.25, 0.3) is 0 Å². The van der Waals surface area contributed by atoms with E-state index in [1.807, 2.05) is 23.6 Å². The van der Waals surface area contributed by atoms with Crippen LogP contribution in [-0.2, 0) is 4.79 Å². The second-order valence-electron chi connectivity index (χ2n) is 4.13. The van der Waals surface area contributed by atoms with E-state index in [9.17, 15) is 4.79 Å². The summed E-state index contributed by atoms with van der Waals surface area (Å²) in [5.41, 5.74) is 0. The first-order chi connectivity index (χ1) is 6.77. The van der Waals surface area contributed by atoms with Crippen LogP contribution in [0.3, 0.4) is 0 Å². The zero-order valence-electron chi connectivity index (χ0n) is 8.66. The van der Waals surface area contributed by atoms with Crippen LogP contribution in [-0.4, -0.2) is 41.1 Å². The van der Waals surface area contributed by atoms with Crippen molar-refractivity contribution in [2.45, 2.75) is 37.5 Å². The lowest BCUT2D eigenvalue weighted by atomic mass is 10.2. The third-order valence-electron chi connectivity index (χ3n) is 2.97. The lowest BCUT2D eigenvalue weighted by Crippen LogP contribution is -2.35. The average molecular weight is 214 g/mol. The molecule has 0 saturated carbocycles. The topological polar surface area (TPSA) is 32.3 Å². The zero-order valence-corrected chi connectivity index (χ0v) is 9.48. The Morgan fingerprint density at radius 3 is 3.00 bits per heavy atom. The lowest BCUT2D eigenvalue weighted by molar-refractivity contribution is -0.128. The SMILES string of the molecule is CC1NCN(CC2CCCCS2)C1=O. The van der Waals surface area contributed by atoms with Crippen LogP contribution in [0.4, 0.5) is 0 Å². The van der Waals surface area contributed by atoms with Crippen LogP contribution in [0.2, 0.25) is 0 Å². The number of hydrogen-bond acceptors (Lipinski definition) is 3. The van der Waals surface area contributed by atoms with Crippen LogP contribution < -0.4 is 5.32 Å². The van der Waals surface area contributed by atoms with Crippen molar-refractivity contribution in [1.82, 2.24) is 10.2 Å². The highest BCUT2D eigenvalue weighted by atomic mass is 32.2. The highest BCUT2D eigenvalue weighted by molar-refractivity contribution is 7.99. The second kappa shape index (κ2) is 4.53. The van der Waals surface area contributed by atoms with Gasteiger partial charge in [0, 0.05) is 11.8 Å². The Labute approximate surface area is 89.6 Å². The van der Waals surface area contributed by atoms with Gasteiger partial charge in [0.05, 0.1) is 12.7 Å². The maximum absolute atomic E-state index is 11.6. The fraction of sp³-hybridized carbons (Fsp3) is 0.900. The average Bonchev–Trinajstić information content (AvgIpc) is 2.52. The Kier molecular flexibility index (Phi) is 3.34. The Hall–Kier alpha value is -0.220. The molecule has 0 bridgehead atoms. The van der Waals surface area contributed by atoms with Gasteiger partial charge in [0.2, 0.25) is 5.91 Å². The van der Waals surface area contributed by atoms with Gasteiger partial charge in [-0.15, -0.1) is 0 Å². The minimum Gasteiger partial charge on any atom is -0.327 e. The third kappa shape index (κ3) is 2.23. The first-order valence-electron chi connectivity index (χ1n) is 5.41. The maximum Gasteiger partial charge on any atom is 0.240 e. The molecular weight excluding hydrogens is 196 g/mol. The van der Waals surface area contributed by atoms with Gasteiger partial charge in [0.15, 0.2) is 0 Å². The molecule has 2 fully saturated rings. The van der Waals surface area contributed by atoms with Crippen molar-refractivity contribution >= 4 is 17.7 Å². The number of hydrogen-bond donors (Lipinski definition) is 1. The molecule has 2 aliphatic rings. The molecule has 0 aliphatic carbocycles. The first kappa shape index (κ1) is 10.3. The second-order valence-corrected chi connectivity index (χ2v) is 5.54. The summed E-state index contributed by atoms with van der Waals surface area (Å²) < 4.78 is 0. The summed E-state index contributed by atoms with van der Waals surface area (Å²) >= 11 is 2.03. The molecule has 2 rings (SSSR count). The molecule has 0 aromatic rings. The summed E-state index contributed by atoms with van der Waals surface area (Å²) in [5.74, 6) is 1.55. The molecular formula is C10H18N2OS. The summed E-state index contributed by atoms with van der Waals surface area (Å²) in [7, 11) is 0. The van der Waals surface area contributed by atoms with Crippen molar-refractivity contribution in [1.29, 1.82) is 0 Å². The normalized spacial score (nSPS) is 33.8. The summed E-state index contributed by atoms with van der Waals surface area (Å²) in [4.78, 5) is 13.6. The van der Waals surface area contributed by atoms with E-state index in [4.69, 9.17) is 0 Å². The van der Waals surface area contributed by atoms with E-state index >= 15 is 0 Å². The predicted octanol–water partition coefficient (Wildman–Crippen LogP) is 1.05. The molecule has 3 nitrogen and oxygen atoms in total. The monoisotopic (exact) mass is 214 g/mol. The van der Waals surface area contributed by atoms with Crippen molar-refractivity contribution in [3.63, 3.8) is 0 Å². The molecule has 0 aromatic carbocycles. The smallest absolute Gasteiger partial charge is 0.240 e. The van der Waals surface area contributed by atoms with Crippen molar-refractivity contribution < 1.29 is 4.79 Å². The lowest BCUT2D eigenvalue weighted by Gasteiger charge is -2.25. The maximum atomic E-state index is 11.6. The number of rotatable bonds is 2. The minimum atomic E-state index is 0.0311. The Morgan fingerprint density at radius 1 is 1.57 bits per heavy atom. The highest BCUT2D eigenvalue weighted by Gasteiger charge is 2.29. The van der Waals surface area contributed by atoms with Gasteiger partial charge in [-0.25, -0.2) is 0 Å². The fourth-order valence-corrected chi connectivity index (χ4v) is 3.36. The summed E-state index contributed by atoms with van der Waals surface area (Å²) in [6.45, 7) is 3.63. The van der Waals surface area contributed by atoms with E-state index in [0.29, 0.717) is 5.25 Å². The van der Waals surface area contributed by atoms with Gasteiger partial charge < -0.3 is 4.90 Å². The van der Waals surface area contributed by atoms with E-state index < -0.39 is 0 Å². The highest BCUT2D eigenvalue weighted by Crippen LogP contribution is 2.26. The van der Waals surface area contributed by atoms with Crippen LogP contribution in [0, 0.1) is 0 Å². The van der Waals surface area contributed by atoms with Gasteiger partial charge >= 0.3 is 0 Å². The van der Waals surface area contributed by atoms with Crippen LogP contribution in [0.1, 0.15) is 26.2 Å². The molecule has 2 heterocycles. The van der Waals surface area contributed by atoms with E-state index in [0.717, 1.165) is 13.2 Å². The van der Waals surface area contributed by atoms with E-state index in [2.05, 4.69) is 5.32 Å².